The van der Waals surface area contributed by atoms with Gasteiger partial charge in [0.15, 0.2) is 0 Å². The Balaban J connectivity index is 2.85. The quantitative estimate of drug-likeness (QED) is 0.769. The first-order valence-corrected chi connectivity index (χ1v) is 7.40. The minimum Gasteiger partial charge on any atom is -0.396 e. The standard InChI is InChI=1S/C15H25ClN2O/c1-4-17-12(3)13-7-8-15(14(16)11-13)18(5-2)9-6-10-19/h7-8,11-12,17,19H,4-6,9-10H2,1-3H3. The maximum atomic E-state index is 8.93. The minimum absolute atomic E-state index is 0.212. The third-order valence-corrected chi connectivity index (χ3v) is 3.59. The second kappa shape index (κ2) is 8.41. The molecule has 0 aliphatic heterocycles. The second-order valence-electron chi connectivity index (χ2n) is 4.65. The van der Waals surface area contributed by atoms with Crippen molar-refractivity contribution >= 4 is 17.3 Å². The van der Waals surface area contributed by atoms with Crippen LogP contribution in [0.5, 0.6) is 0 Å². The van der Waals surface area contributed by atoms with Gasteiger partial charge in [0.1, 0.15) is 0 Å². The molecule has 0 aliphatic carbocycles. The molecule has 0 radical (unpaired) electrons. The van der Waals surface area contributed by atoms with Gasteiger partial charge in [-0.05, 0) is 44.5 Å². The molecule has 0 saturated carbocycles. The van der Waals surface area contributed by atoms with Gasteiger partial charge in [0, 0.05) is 25.7 Å². The van der Waals surface area contributed by atoms with Crippen LogP contribution in [-0.4, -0.2) is 31.3 Å². The van der Waals surface area contributed by atoms with Gasteiger partial charge in [-0.15, -0.1) is 0 Å². The fourth-order valence-corrected chi connectivity index (χ4v) is 2.49. The van der Waals surface area contributed by atoms with Crippen molar-refractivity contribution in [3.8, 4) is 0 Å². The summed E-state index contributed by atoms with van der Waals surface area (Å²) in [4.78, 5) is 2.19. The van der Waals surface area contributed by atoms with Gasteiger partial charge in [-0.25, -0.2) is 0 Å². The highest BCUT2D eigenvalue weighted by atomic mass is 35.5. The van der Waals surface area contributed by atoms with Crippen molar-refractivity contribution in [2.75, 3.05) is 31.1 Å². The van der Waals surface area contributed by atoms with E-state index < -0.39 is 0 Å². The van der Waals surface area contributed by atoms with E-state index in [0.29, 0.717) is 6.04 Å². The van der Waals surface area contributed by atoms with Crippen LogP contribution in [0, 0.1) is 0 Å². The van der Waals surface area contributed by atoms with Crippen molar-refractivity contribution in [2.24, 2.45) is 0 Å². The van der Waals surface area contributed by atoms with E-state index in [-0.39, 0.29) is 6.61 Å². The molecule has 1 aromatic carbocycles. The Labute approximate surface area is 121 Å². The van der Waals surface area contributed by atoms with Crippen LogP contribution >= 0.6 is 11.6 Å². The summed E-state index contributed by atoms with van der Waals surface area (Å²) in [5.74, 6) is 0. The van der Waals surface area contributed by atoms with Gasteiger partial charge >= 0.3 is 0 Å². The van der Waals surface area contributed by atoms with E-state index in [1.54, 1.807) is 0 Å². The smallest absolute Gasteiger partial charge is 0.0642 e. The number of nitrogens with zero attached hydrogens (tertiary/aromatic N) is 1. The zero-order valence-electron chi connectivity index (χ0n) is 12.1. The highest BCUT2D eigenvalue weighted by Gasteiger charge is 2.11. The summed E-state index contributed by atoms with van der Waals surface area (Å²) >= 11 is 6.39. The lowest BCUT2D eigenvalue weighted by molar-refractivity contribution is 0.289. The Hall–Kier alpha value is -0.770. The van der Waals surface area contributed by atoms with Gasteiger partial charge in [0.25, 0.3) is 0 Å². The Bertz CT molecular complexity index is 384. The van der Waals surface area contributed by atoms with Gasteiger partial charge in [0.05, 0.1) is 10.7 Å². The first-order chi connectivity index (χ1) is 9.13. The molecule has 0 aliphatic rings. The summed E-state index contributed by atoms with van der Waals surface area (Å²) in [7, 11) is 0. The first-order valence-electron chi connectivity index (χ1n) is 7.02. The predicted molar refractivity (Wildman–Crippen MR) is 83.1 cm³/mol. The minimum atomic E-state index is 0.212. The summed E-state index contributed by atoms with van der Waals surface area (Å²) in [6.07, 6.45) is 0.764. The molecule has 2 N–H and O–H groups in total. The maximum absolute atomic E-state index is 8.93. The zero-order valence-corrected chi connectivity index (χ0v) is 12.9. The predicted octanol–water partition coefficient (Wildman–Crippen LogP) is 3.22. The van der Waals surface area contributed by atoms with E-state index in [1.165, 1.54) is 5.56 Å². The lowest BCUT2D eigenvalue weighted by Crippen LogP contribution is -2.25. The molecule has 0 aromatic heterocycles. The van der Waals surface area contributed by atoms with Gasteiger partial charge in [-0.2, -0.15) is 0 Å². The largest absolute Gasteiger partial charge is 0.396 e. The molecule has 1 unspecified atom stereocenters. The van der Waals surface area contributed by atoms with Gasteiger partial charge in [-0.3, -0.25) is 0 Å². The number of aliphatic hydroxyl groups is 1. The van der Waals surface area contributed by atoms with E-state index in [4.69, 9.17) is 16.7 Å². The molecular formula is C15H25ClN2O. The number of aliphatic hydroxyl groups excluding tert-OH is 1. The lowest BCUT2D eigenvalue weighted by Gasteiger charge is -2.25. The van der Waals surface area contributed by atoms with Crippen LogP contribution in [0.15, 0.2) is 18.2 Å². The summed E-state index contributed by atoms with van der Waals surface area (Å²) in [6.45, 7) is 9.21. The van der Waals surface area contributed by atoms with E-state index in [9.17, 15) is 0 Å². The van der Waals surface area contributed by atoms with Crippen LogP contribution in [0.25, 0.3) is 0 Å². The summed E-state index contributed by atoms with van der Waals surface area (Å²) in [5, 5.41) is 13.1. The van der Waals surface area contributed by atoms with Crippen molar-refractivity contribution in [3.63, 3.8) is 0 Å². The number of rotatable bonds is 8. The normalized spacial score (nSPS) is 12.5. The second-order valence-corrected chi connectivity index (χ2v) is 5.05. The van der Waals surface area contributed by atoms with Gasteiger partial charge < -0.3 is 15.3 Å². The molecule has 108 valence electrons. The fraction of sp³-hybridized carbons (Fsp3) is 0.600. The number of halogens is 1. The van der Waals surface area contributed by atoms with Crippen LogP contribution in [0.4, 0.5) is 5.69 Å². The van der Waals surface area contributed by atoms with Crippen LogP contribution in [0.2, 0.25) is 5.02 Å². The third-order valence-electron chi connectivity index (χ3n) is 3.29. The highest BCUT2D eigenvalue weighted by Crippen LogP contribution is 2.29. The molecule has 4 heteroatoms. The molecule has 1 aromatic rings. The van der Waals surface area contributed by atoms with Crippen LogP contribution < -0.4 is 10.2 Å². The molecule has 0 fully saturated rings. The number of hydrogen-bond acceptors (Lipinski definition) is 3. The topological polar surface area (TPSA) is 35.5 Å². The number of benzene rings is 1. The maximum Gasteiger partial charge on any atom is 0.0642 e. The Kier molecular flexibility index (Phi) is 7.21. The average molecular weight is 285 g/mol. The summed E-state index contributed by atoms with van der Waals surface area (Å²) < 4.78 is 0. The first kappa shape index (κ1) is 16.3. The Morgan fingerprint density at radius 1 is 1.37 bits per heavy atom. The molecule has 0 amide bonds. The van der Waals surface area contributed by atoms with E-state index >= 15 is 0 Å². The van der Waals surface area contributed by atoms with Gasteiger partial charge in [0.2, 0.25) is 0 Å². The molecule has 0 bridgehead atoms. The van der Waals surface area contributed by atoms with E-state index in [0.717, 1.165) is 36.8 Å². The van der Waals surface area contributed by atoms with Crippen molar-refractivity contribution in [2.45, 2.75) is 33.2 Å². The van der Waals surface area contributed by atoms with Crippen LogP contribution in [-0.2, 0) is 0 Å². The molecule has 0 heterocycles. The number of nitrogens with one attached hydrogen (secondary N) is 1. The average Bonchev–Trinajstić information content (AvgIpc) is 2.41. The lowest BCUT2D eigenvalue weighted by atomic mass is 10.1. The molecule has 1 rings (SSSR count). The molecule has 19 heavy (non-hydrogen) atoms. The van der Waals surface area contributed by atoms with Gasteiger partial charge in [-0.1, -0.05) is 24.6 Å². The highest BCUT2D eigenvalue weighted by molar-refractivity contribution is 6.33. The SMILES string of the molecule is CCNC(C)c1ccc(N(CC)CCCO)c(Cl)c1. The summed E-state index contributed by atoms with van der Waals surface area (Å²) in [5.41, 5.74) is 2.25. The third kappa shape index (κ3) is 4.68. The van der Waals surface area contributed by atoms with Crippen molar-refractivity contribution < 1.29 is 5.11 Å². The number of anilines is 1. The molecule has 3 nitrogen and oxygen atoms in total. The fourth-order valence-electron chi connectivity index (χ4n) is 2.18. The zero-order chi connectivity index (χ0) is 14.3. The monoisotopic (exact) mass is 284 g/mol. The van der Waals surface area contributed by atoms with Crippen molar-refractivity contribution in [1.29, 1.82) is 0 Å². The van der Waals surface area contributed by atoms with Crippen molar-refractivity contribution in [1.82, 2.24) is 5.32 Å². The number of hydrogen-bond donors (Lipinski definition) is 2. The molecule has 0 spiro atoms. The van der Waals surface area contributed by atoms with E-state index in [1.807, 2.05) is 6.07 Å². The molecular weight excluding hydrogens is 260 g/mol. The van der Waals surface area contributed by atoms with Crippen LogP contribution in [0.3, 0.4) is 0 Å². The van der Waals surface area contributed by atoms with Crippen molar-refractivity contribution in [3.05, 3.63) is 28.8 Å². The van der Waals surface area contributed by atoms with Crippen LogP contribution in [0.1, 0.15) is 38.8 Å². The molecule has 1 atom stereocenters. The summed E-state index contributed by atoms with van der Waals surface area (Å²) in [6, 6.07) is 6.54. The van der Waals surface area contributed by atoms with E-state index in [2.05, 4.69) is 43.1 Å². The Morgan fingerprint density at radius 3 is 2.63 bits per heavy atom. The molecule has 0 saturated heterocycles. The Morgan fingerprint density at radius 2 is 2.11 bits per heavy atom.